The van der Waals surface area contributed by atoms with Gasteiger partial charge in [0.1, 0.15) is 11.6 Å². The highest BCUT2D eigenvalue weighted by molar-refractivity contribution is 6.04. The van der Waals surface area contributed by atoms with E-state index in [2.05, 4.69) is 20.6 Å². The molecule has 2 aromatic heterocycles. The van der Waals surface area contributed by atoms with Gasteiger partial charge >= 0.3 is 0 Å². The van der Waals surface area contributed by atoms with E-state index in [-0.39, 0.29) is 11.8 Å². The van der Waals surface area contributed by atoms with Gasteiger partial charge in [0.05, 0.1) is 11.0 Å². The van der Waals surface area contributed by atoms with E-state index in [4.69, 9.17) is 4.98 Å². The van der Waals surface area contributed by atoms with Crippen LogP contribution < -0.4 is 10.6 Å². The Morgan fingerprint density at radius 3 is 2.24 bits per heavy atom. The van der Waals surface area contributed by atoms with Crippen LogP contribution in [0.3, 0.4) is 0 Å². The van der Waals surface area contributed by atoms with Gasteiger partial charge in [0.25, 0.3) is 11.8 Å². The van der Waals surface area contributed by atoms with E-state index in [0.717, 1.165) is 28.4 Å². The molecule has 0 radical (unpaired) electrons. The molecule has 2 amide bonds. The number of H-pyrrole nitrogens is 1. The summed E-state index contributed by atoms with van der Waals surface area (Å²) in [5.74, 6) is 4.08. The topological polar surface area (TPSA) is 99.8 Å². The molecule has 37 heavy (non-hydrogen) atoms. The number of hydrogen-bond acceptors (Lipinski definition) is 4. The van der Waals surface area contributed by atoms with Crippen LogP contribution >= 0.6 is 0 Å². The van der Waals surface area contributed by atoms with Gasteiger partial charge in [-0.1, -0.05) is 18.2 Å². The van der Waals surface area contributed by atoms with Gasteiger partial charge < -0.3 is 15.6 Å². The summed E-state index contributed by atoms with van der Waals surface area (Å²) >= 11 is 0. The van der Waals surface area contributed by atoms with Crippen LogP contribution in [-0.2, 0) is 0 Å². The molecule has 8 rings (SSSR count). The van der Waals surface area contributed by atoms with Crippen molar-refractivity contribution in [3.8, 4) is 11.4 Å². The Bertz CT molecular complexity index is 1450. The lowest BCUT2D eigenvalue weighted by Gasteiger charge is -2.54. The SMILES string of the molecule is O=C(Nc1ccccn1)c1ccc(-c2nc3ccc(C(=O)NC4C5CC6CC(C5)CC4C6)cc3[nH]2)cc1. The first kappa shape index (κ1) is 22.2. The minimum Gasteiger partial charge on any atom is -0.349 e. The number of hydrogen-bond donors (Lipinski definition) is 3. The molecule has 3 N–H and O–H groups in total. The van der Waals surface area contributed by atoms with Crippen LogP contribution in [0.2, 0.25) is 0 Å². The highest BCUT2D eigenvalue weighted by Gasteiger charge is 2.48. The lowest BCUT2D eigenvalue weighted by molar-refractivity contribution is -0.0119. The molecule has 0 unspecified atom stereocenters. The molecule has 0 aliphatic heterocycles. The zero-order chi connectivity index (χ0) is 24.9. The second-order valence-electron chi connectivity index (χ2n) is 11.0. The molecule has 7 heteroatoms. The summed E-state index contributed by atoms with van der Waals surface area (Å²) in [5, 5.41) is 6.19. The first-order chi connectivity index (χ1) is 18.1. The van der Waals surface area contributed by atoms with Crippen LogP contribution in [0.15, 0.2) is 66.9 Å². The van der Waals surface area contributed by atoms with Crippen molar-refractivity contribution in [3.63, 3.8) is 0 Å². The molecular weight excluding hydrogens is 462 g/mol. The third kappa shape index (κ3) is 4.18. The van der Waals surface area contributed by atoms with Gasteiger partial charge in [0.2, 0.25) is 0 Å². The van der Waals surface area contributed by atoms with E-state index in [1.807, 2.05) is 36.4 Å². The Morgan fingerprint density at radius 2 is 1.54 bits per heavy atom. The molecule has 186 valence electrons. The number of pyridine rings is 1. The fourth-order valence-corrected chi connectivity index (χ4v) is 7.09. The minimum atomic E-state index is -0.218. The molecule has 4 aromatic rings. The molecule has 4 fully saturated rings. The summed E-state index contributed by atoms with van der Waals surface area (Å²) in [4.78, 5) is 37.9. The molecule has 4 aliphatic rings. The third-order valence-electron chi connectivity index (χ3n) is 8.60. The predicted octanol–water partition coefficient (Wildman–Crippen LogP) is 5.43. The van der Waals surface area contributed by atoms with Crippen LogP contribution in [0, 0.1) is 23.7 Å². The number of nitrogens with one attached hydrogen (secondary N) is 3. The Labute approximate surface area is 215 Å². The lowest BCUT2D eigenvalue weighted by Crippen LogP contribution is -2.55. The van der Waals surface area contributed by atoms with E-state index in [1.165, 1.54) is 32.1 Å². The number of fused-ring (bicyclic) bond motifs is 1. The number of rotatable bonds is 5. The highest BCUT2D eigenvalue weighted by atomic mass is 16.2. The summed E-state index contributed by atoms with van der Waals surface area (Å²) in [6, 6.07) is 18.6. The molecular formula is C30H29N5O2. The minimum absolute atomic E-state index is 0.0128. The van der Waals surface area contributed by atoms with E-state index < -0.39 is 0 Å². The van der Waals surface area contributed by atoms with Crippen molar-refractivity contribution in [1.82, 2.24) is 20.3 Å². The fraction of sp³-hybridized carbons (Fsp3) is 0.333. The van der Waals surface area contributed by atoms with Gasteiger partial charge in [-0.05, 0) is 98.2 Å². The summed E-state index contributed by atoms with van der Waals surface area (Å²) in [6.07, 6.45) is 8.18. The van der Waals surface area contributed by atoms with Gasteiger partial charge in [-0.15, -0.1) is 0 Å². The van der Waals surface area contributed by atoms with Crippen molar-refractivity contribution in [1.29, 1.82) is 0 Å². The molecule has 0 saturated heterocycles. The first-order valence-electron chi connectivity index (χ1n) is 13.2. The molecule has 4 saturated carbocycles. The number of aromatic nitrogens is 3. The molecule has 4 bridgehead atoms. The number of imidazole rings is 1. The van der Waals surface area contributed by atoms with Gasteiger partial charge in [-0.2, -0.15) is 0 Å². The van der Waals surface area contributed by atoms with Crippen molar-refractivity contribution in [2.24, 2.45) is 23.7 Å². The smallest absolute Gasteiger partial charge is 0.256 e. The van der Waals surface area contributed by atoms with Crippen molar-refractivity contribution in [2.75, 3.05) is 5.32 Å². The highest BCUT2D eigenvalue weighted by Crippen LogP contribution is 2.53. The lowest BCUT2D eigenvalue weighted by atomic mass is 9.54. The van der Waals surface area contributed by atoms with Crippen molar-refractivity contribution < 1.29 is 9.59 Å². The van der Waals surface area contributed by atoms with Crippen LogP contribution in [0.25, 0.3) is 22.4 Å². The molecule has 0 atom stereocenters. The van der Waals surface area contributed by atoms with Crippen LogP contribution in [-0.4, -0.2) is 32.8 Å². The Hall–Kier alpha value is -4.00. The summed E-state index contributed by atoms with van der Waals surface area (Å²) < 4.78 is 0. The maximum Gasteiger partial charge on any atom is 0.256 e. The summed E-state index contributed by atoms with van der Waals surface area (Å²) in [5.41, 5.74) is 3.69. The molecule has 4 aliphatic carbocycles. The standard InChI is InChI=1S/C30H29N5O2/c36-29(34-26-3-1-2-10-31-26)20-6-4-19(5-7-20)28-32-24-9-8-21(16-25(24)33-28)30(37)35-27-22-12-17-11-18(14-22)15-23(27)13-17/h1-10,16-18,22-23,27H,11-15H2,(H,32,33)(H,35,37)(H,31,34,36). The second kappa shape index (κ2) is 8.83. The van der Waals surface area contributed by atoms with E-state index >= 15 is 0 Å². The number of amides is 2. The predicted molar refractivity (Wildman–Crippen MR) is 142 cm³/mol. The molecule has 2 aromatic carbocycles. The second-order valence-corrected chi connectivity index (χ2v) is 11.0. The van der Waals surface area contributed by atoms with E-state index in [1.54, 1.807) is 30.5 Å². The van der Waals surface area contributed by atoms with E-state index in [9.17, 15) is 9.59 Å². The number of nitrogens with zero attached hydrogens (tertiary/aromatic N) is 2. The van der Waals surface area contributed by atoms with Crippen LogP contribution in [0.4, 0.5) is 5.82 Å². The number of benzene rings is 2. The van der Waals surface area contributed by atoms with Crippen molar-refractivity contribution in [3.05, 3.63) is 78.0 Å². The zero-order valence-electron chi connectivity index (χ0n) is 20.5. The largest absolute Gasteiger partial charge is 0.349 e. The monoisotopic (exact) mass is 491 g/mol. The van der Waals surface area contributed by atoms with Crippen LogP contribution in [0.1, 0.15) is 52.8 Å². The summed E-state index contributed by atoms with van der Waals surface area (Å²) in [6.45, 7) is 0. The maximum atomic E-state index is 13.2. The Balaban J connectivity index is 1.06. The van der Waals surface area contributed by atoms with Crippen molar-refractivity contribution >= 4 is 28.7 Å². The molecule has 7 nitrogen and oxygen atoms in total. The fourth-order valence-electron chi connectivity index (χ4n) is 7.09. The van der Waals surface area contributed by atoms with E-state index in [0.29, 0.717) is 40.6 Å². The van der Waals surface area contributed by atoms with Gasteiger partial charge in [0.15, 0.2) is 0 Å². The molecule has 2 heterocycles. The summed E-state index contributed by atoms with van der Waals surface area (Å²) in [7, 11) is 0. The number of anilines is 1. The zero-order valence-corrected chi connectivity index (χ0v) is 20.5. The number of carbonyl (C=O) groups is 2. The average Bonchev–Trinajstić information content (AvgIpc) is 3.34. The average molecular weight is 492 g/mol. The maximum absolute atomic E-state index is 13.2. The Morgan fingerprint density at radius 1 is 0.811 bits per heavy atom. The van der Waals surface area contributed by atoms with Gasteiger partial charge in [-0.25, -0.2) is 9.97 Å². The Kier molecular flexibility index (Phi) is 5.30. The number of carbonyl (C=O) groups excluding carboxylic acids is 2. The van der Waals surface area contributed by atoms with Gasteiger partial charge in [0, 0.05) is 28.9 Å². The normalized spacial score (nSPS) is 25.8. The molecule has 0 spiro atoms. The quantitative estimate of drug-likeness (QED) is 0.346. The van der Waals surface area contributed by atoms with Crippen LogP contribution in [0.5, 0.6) is 0 Å². The number of aromatic amines is 1. The first-order valence-corrected chi connectivity index (χ1v) is 13.2. The van der Waals surface area contributed by atoms with Crippen molar-refractivity contribution in [2.45, 2.75) is 38.1 Å². The third-order valence-corrected chi connectivity index (χ3v) is 8.60. The van der Waals surface area contributed by atoms with Gasteiger partial charge in [-0.3, -0.25) is 9.59 Å².